The molecule has 3 heterocycles. The molecule has 0 bridgehead atoms. The van der Waals surface area contributed by atoms with Crippen LogP contribution in [0.1, 0.15) is 56.6 Å². The third-order valence-corrected chi connectivity index (χ3v) is 5.81. The van der Waals surface area contributed by atoms with Crippen molar-refractivity contribution < 1.29 is 9.59 Å². The van der Waals surface area contributed by atoms with Gasteiger partial charge in [-0.15, -0.1) is 0 Å². The van der Waals surface area contributed by atoms with E-state index >= 15 is 0 Å². The molecular formula is C18H26N4O2. The van der Waals surface area contributed by atoms with Gasteiger partial charge in [0.05, 0.1) is 18.2 Å². The topological polar surface area (TPSA) is 58.4 Å². The Morgan fingerprint density at radius 1 is 1.12 bits per heavy atom. The second-order valence-electron chi connectivity index (χ2n) is 7.38. The Morgan fingerprint density at radius 3 is 2.54 bits per heavy atom. The SMILES string of the molecule is C[C@H]1c2nc(CC(=O)N3CCCC3)cn2CCN1C(=O)C1CCC1. The molecule has 6 heteroatoms. The molecule has 130 valence electrons. The summed E-state index contributed by atoms with van der Waals surface area (Å²) in [4.78, 5) is 33.5. The van der Waals surface area contributed by atoms with E-state index in [1.165, 1.54) is 6.42 Å². The van der Waals surface area contributed by atoms with Crippen LogP contribution in [-0.2, 0) is 22.6 Å². The number of fused-ring (bicyclic) bond motifs is 1. The maximum atomic E-state index is 12.6. The van der Waals surface area contributed by atoms with Gasteiger partial charge in [0, 0.05) is 38.3 Å². The fourth-order valence-corrected chi connectivity index (χ4v) is 4.06. The van der Waals surface area contributed by atoms with Gasteiger partial charge in [-0.2, -0.15) is 0 Å². The van der Waals surface area contributed by atoms with Gasteiger partial charge in [0.25, 0.3) is 0 Å². The molecule has 6 nitrogen and oxygen atoms in total. The Balaban J connectivity index is 1.46. The smallest absolute Gasteiger partial charge is 0.228 e. The molecule has 0 aromatic carbocycles. The highest BCUT2D eigenvalue weighted by atomic mass is 16.2. The number of carbonyl (C=O) groups is 2. The van der Waals surface area contributed by atoms with Gasteiger partial charge in [-0.05, 0) is 32.6 Å². The van der Waals surface area contributed by atoms with E-state index in [2.05, 4.69) is 11.5 Å². The first-order chi connectivity index (χ1) is 11.6. The lowest BCUT2D eigenvalue weighted by molar-refractivity contribution is -0.141. The predicted molar refractivity (Wildman–Crippen MR) is 89.2 cm³/mol. The molecule has 2 fully saturated rings. The summed E-state index contributed by atoms with van der Waals surface area (Å²) >= 11 is 0. The minimum Gasteiger partial charge on any atom is -0.342 e. The van der Waals surface area contributed by atoms with E-state index < -0.39 is 0 Å². The van der Waals surface area contributed by atoms with Crippen molar-refractivity contribution >= 4 is 11.8 Å². The summed E-state index contributed by atoms with van der Waals surface area (Å²) in [6.45, 7) is 5.35. The van der Waals surface area contributed by atoms with E-state index in [0.29, 0.717) is 6.42 Å². The zero-order valence-corrected chi connectivity index (χ0v) is 14.4. The van der Waals surface area contributed by atoms with Gasteiger partial charge in [-0.25, -0.2) is 4.98 Å². The maximum Gasteiger partial charge on any atom is 0.228 e. The summed E-state index contributed by atoms with van der Waals surface area (Å²) in [6, 6.07) is 0.00230. The molecule has 1 atom stereocenters. The van der Waals surface area contributed by atoms with Gasteiger partial charge in [0.2, 0.25) is 11.8 Å². The Bertz CT molecular complexity index is 643. The molecule has 2 aliphatic heterocycles. The molecule has 1 saturated heterocycles. The van der Waals surface area contributed by atoms with Crippen molar-refractivity contribution in [3.8, 4) is 0 Å². The summed E-state index contributed by atoms with van der Waals surface area (Å²) < 4.78 is 2.13. The first kappa shape index (κ1) is 15.7. The Morgan fingerprint density at radius 2 is 1.88 bits per heavy atom. The lowest BCUT2D eigenvalue weighted by Crippen LogP contribution is -2.45. The van der Waals surface area contributed by atoms with Crippen LogP contribution in [0.15, 0.2) is 6.20 Å². The van der Waals surface area contributed by atoms with Crippen molar-refractivity contribution in [1.82, 2.24) is 19.4 Å². The molecule has 0 N–H and O–H groups in total. The Kier molecular flexibility index (Phi) is 4.06. The number of likely N-dealkylation sites (tertiary alicyclic amines) is 1. The number of aromatic nitrogens is 2. The first-order valence-electron chi connectivity index (χ1n) is 9.27. The van der Waals surface area contributed by atoms with E-state index in [0.717, 1.165) is 63.4 Å². The van der Waals surface area contributed by atoms with Crippen molar-refractivity contribution in [2.24, 2.45) is 5.92 Å². The number of amides is 2. The highest BCUT2D eigenvalue weighted by Crippen LogP contribution is 2.33. The highest BCUT2D eigenvalue weighted by Gasteiger charge is 2.35. The number of imidazole rings is 1. The minimum absolute atomic E-state index is 0.00230. The van der Waals surface area contributed by atoms with Gasteiger partial charge in [-0.1, -0.05) is 6.42 Å². The van der Waals surface area contributed by atoms with Gasteiger partial charge in [-0.3, -0.25) is 9.59 Å². The molecule has 2 amide bonds. The van der Waals surface area contributed by atoms with E-state index in [9.17, 15) is 9.59 Å². The number of hydrogen-bond acceptors (Lipinski definition) is 3. The lowest BCUT2D eigenvalue weighted by Gasteiger charge is -2.38. The van der Waals surface area contributed by atoms with Crippen molar-refractivity contribution in [3.63, 3.8) is 0 Å². The van der Waals surface area contributed by atoms with Crippen molar-refractivity contribution in [2.45, 2.75) is 58.0 Å². The van der Waals surface area contributed by atoms with Gasteiger partial charge in [0.1, 0.15) is 5.82 Å². The maximum absolute atomic E-state index is 12.6. The summed E-state index contributed by atoms with van der Waals surface area (Å²) in [5.74, 6) is 1.62. The zero-order valence-electron chi connectivity index (χ0n) is 14.4. The minimum atomic E-state index is 0.00230. The molecule has 24 heavy (non-hydrogen) atoms. The predicted octanol–water partition coefficient (Wildman–Crippen LogP) is 1.75. The monoisotopic (exact) mass is 330 g/mol. The van der Waals surface area contributed by atoms with E-state index in [-0.39, 0.29) is 23.8 Å². The van der Waals surface area contributed by atoms with Crippen LogP contribution in [0, 0.1) is 5.92 Å². The van der Waals surface area contributed by atoms with Crippen molar-refractivity contribution in [2.75, 3.05) is 19.6 Å². The number of hydrogen-bond donors (Lipinski definition) is 0. The van der Waals surface area contributed by atoms with Gasteiger partial charge < -0.3 is 14.4 Å². The third kappa shape index (κ3) is 2.72. The number of nitrogens with zero attached hydrogens (tertiary/aromatic N) is 4. The largest absolute Gasteiger partial charge is 0.342 e. The lowest BCUT2D eigenvalue weighted by atomic mass is 9.84. The van der Waals surface area contributed by atoms with Crippen LogP contribution in [0.4, 0.5) is 0 Å². The van der Waals surface area contributed by atoms with E-state index in [1.807, 2.05) is 16.0 Å². The molecule has 0 radical (unpaired) electrons. The molecular weight excluding hydrogens is 304 g/mol. The molecule has 3 aliphatic rings. The van der Waals surface area contributed by atoms with Crippen LogP contribution in [0.5, 0.6) is 0 Å². The number of rotatable bonds is 3. The van der Waals surface area contributed by atoms with E-state index in [1.54, 1.807) is 0 Å². The highest BCUT2D eigenvalue weighted by molar-refractivity contribution is 5.80. The van der Waals surface area contributed by atoms with Crippen LogP contribution in [0.25, 0.3) is 0 Å². The molecule has 1 aliphatic carbocycles. The quantitative estimate of drug-likeness (QED) is 0.848. The van der Waals surface area contributed by atoms with Crippen LogP contribution < -0.4 is 0 Å². The molecule has 0 spiro atoms. The standard InChI is InChI=1S/C18H26N4O2/c1-13-17-19-15(11-16(23)20-7-2-3-8-20)12-21(17)9-10-22(13)18(24)14-5-4-6-14/h12-14H,2-11H2,1H3/t13-/m0/s1. The average Bonchev–Trinajstić information content (AvgIpc) is 3.14. The fraction of sp³-hybridized carbons (Fsp3) is 0.722. The summed E-state index contributed by atoms with van der Waals surface area (Å²) in [7, 11) is 0. The molecule has 0 unspecified atom stereocenters. The van der Waals surface area contributed by atoms with Crippen LogP contribution in [0.2, 0.25) is 0 Å². The van der Waals surface area contributed by atoms with E-state index in [4.69, 9.17) is 4.98 Å². The Labute approximate surface area is 142 Å². The van der Waals surface area contributed by atoms with Crippen molar-refractivity contribution in [3.05, 3.63) is 17.7 Å². The summed E-state index contributed by atoms with van der Waals surface area (Å²) in [5, 5.41) is 0. The second kappa shape index (κ2) is 6.22. The average molecular weight is 330 g/mol. The molecule has 1 aromatic heterocycles. The fourth-order valence-electron chi connectivity index (χ4n) is 4.06. The second-order valence-corrected chi connectivity index (χ2v) is 7.38. The van der Waals surface area contributed by atoms with Crippen LogP contribution in [0.3, 0.4) is 0 Å². The molecule has 1 aromatic rings. The zero-order chi connectivity index (χ0) is 16.7. The van der Waals surface area contributed by atoms with Gasteiger partial charge in [0.15, 0.2) is 0 Å². The van der Waals surface area contributed by atoms with Crippen LogP contribution in [-0.4, -0.2) is 50.8 Å². The Hall–Kier alpha value is -1.85. The number of carbonyl (C=O) groups excluding carboxylic acids is 2. The third-order valence-electron chi connectivity index (χ3n) is 5.81. The normalized spacial score (nSPS) is 24.0. The first-order valence-corrected chi connectivity index (χ1v) is 9.27. The summed E-state index contributed by atoms with van der Waals surface area (Å²) in [5.41, 5.74) is 0.840. The molecule has 1 saturated carbocycles. The van der Waals surface area contributed by atoms with Crippen molar-refractivity contribution in [1.29, 1.82) is 0 Å². The van der Waals surface area contributed by atoms with Gasteiger partial charge >= 0.3 is 0 Å². The molecule has 4 rings (SSSR count). The summed E-state index contributed by atoms with van der Waals surface area (Å²) in [6.07, 6.45) is 7.85. The van der Waals surface area contributed by atoms with Crippen LogP contribution >= 0.6 is 0 Å².